The van der Waals surface area contributed by atoms with Crippen LogP contribution in [0.5, 0.6) is 0 Å². The molecule has 0 rings (SSSR count). The Bertz CT molecular complexity index is 51.8. The molecule has 4 heteroatoms. The lowest BCUT2D eigenvalue weighted by Crippen LogP contribution is -2.19. The van der Waals surface area contributed by atoms with Gasteiger partial charge in [-0.3, -0.25) is 0 Å². The minimum Gasteiger partial charge on any atom is -0.359 e. The molecule has 0 aromatic heterocycles. The Balaban J connectivity index is -0.0000000428. The van der Waals surface area contributed by atoms with Crippen LogP contribution >= 0.6 is 0 Å². The number of hydrogen-bond donors (Lipinski definition) is 1. The first-order chi connectivity index (χ1) is 4.81. The summed E-state index contributed by atoms with van der Waals surface area (Å²) in [5.41, 5.74) is 0. The second-order valence-corrected chi connectivity index (χ2v) is 3.20. The van der Waals surface area contributed by atoms with E-state index in [4.69, 9.17) is 5.05 Å². The number of hydrogen-bond acceptors (Lipinski definition) is 2. The van der Waals surface area contributed by atoms with Crippen molar-refractivity contribution in [3.05, 3.63) is 13.2 Å². The van der Waals surface area contributed by atoms with Crippen LogP contribution in [0, 0.1) is 5.05 Å². The summed E-state index contributed by atoms with van der Waals surface area (Å²) in [7, 11) is 3.46. The van der Waals surface area contributed by atoms with E-state index in [1.165, 1.54) is 6.54 Å². The molecule has 0 aliphatic carbocycles. The van der Waals surface area contributed by atoms with Crippen LogP contribution in [0.25, 0.3) is 0 Å². The molecule has 0 heterocycles. The number of nitrogens with zero attached hydrogens (tertiary/aromatic N) is 1. The van der Waals surface area contributed by atoms with E-state index in [1.54, 1.807) is 0 Å². The summed E-state index contributed by atoms with van der Waals surface area (Å²) < 4.78 is 2.39. The largest absolute Gasteiger partial charge is 0.359 e. The summed E-state index contributed by atoms with van der Waals surface area (Å²) >= 11 is 0. The fraction of sp³-hybridized carbons (Fsp3) is 0.667. The third-order valence-electron chi connectivity index (χ3n) is 1.08. The second kappa shape index (κ2) is 23.1. The Morgan fingerprint density at radius 3 is 1.90 bits per heavy atom. The quantitative estimate of drug-likeness (QED) is 0.484. The van der Waals surface area contributed by atoms with Gasteiger partial charge in [0.05, 0.1) is 19.7 Å². The van der Waals surface area contributed by atoms with Crippen molar-refractivity contribution in [1.82, 2.24) is 4.57 Å². The zero-order chi connectivity index (χ0) is 8.99. The lowest BCUT2D eigenvalue weighted by atomic mass is 10.8. The highest BCUT2D eigenvalue weighted by atomic mass is 28.2. The van der Waals surface area contributed by atoms with Crippen LogP contribution in [0.15, 0.2) is 13.2 Å². The molecule has 1 N–H and O–H groups in total. The van der Waals surface area contributed by atoms with Gasteiger partial charge in [0, 0.05) is 1.43 Å². The van der Waals surface area contributed by atoms with Crippen LogP contribution < -0.4 is 0 Å². The lowest BCUT2D eigenvalue weighted by Gasteiger charge is -2.07. The first kappa shape index (κ1) is 16.5. The normalized spacial score (nSPS) is 8.00. The molecular weight excluding hydrogens is 156 g/mol. The molecule has 0 aliphatic rings. The summed E-state index contributed by atoms with van der Waals surface area (Å²) in [6.07, 6.45) is 0. The summed E-state index contributed by atoms with van der Waals surface area (Å²) in [6, 6.07) is 0. The van der Waals surface area contributed by atoms with E-state index in [2.05, 4.69) is 38.2 Å². The highest BCUT2D eigenvalue weighted by Gasteiger charge is 1.82. The van der Waals surface area contributed by atoms with E-state index < -0.39 is 0 Å². The molecule has 0 saturated heterocycles. The molecule has 0 spiro atoms. The van der Waals surface area contributed by atoms with Crippen molar-refractivity contribution in [2.75, 3.05) is 13.6 Å². The van der Waals surface area contributed by atoms with E-state index in [-0.39, 0.29) is 11.1 Å². The molecule has 2 nitrogen and oxygen atoms in total. The van der Waals surface area contributed by atoms with Crippen LogP contribution in [0.3, 0.4) is 0 Å². The van der Waals surface area contributed by atoms with Crippen molar-refractivity contribution in [2.45, 2.75) is 13.5 Å². The van der Waals surface area contributed by atoms with E-state index in [0.29, 0.717) is 0 Å². The maximum Gasteiger partial charge on any atom is 0.0916 e. The zero-order valence-electron chi connectivity index (χ0n) is 7.48. The van der Waals surface area contributed by atoms with E-state index >= 15 is 0 Å². The molecule has 0 amide bonds. The predicted octanol–water partition coefficient (Wildman–Crippen LogP) is 0.500. The molecule has 0 bridgehead atoms. The van der Waals surface area contributed by atoms with E-state index in [0.717, 1.165) is 10.0 Å². The molecule has 64 valence electrons. The lowest BCUT2D eigenvalue weighted by molar-refractivity contribution is 0.570. The Hall–Kier alpha value is -0.0662. The van der Waals surface area contributed by atoms with Crippen molar-refractivity contribution in [2.24, 2.45) is 0 Å². The zero-order valence-corrected chi connectivity index (χ0v) is 10.3. The summed E-state index contributed by atoms with van der Waals surface area (Å²) in [5, 5.41) is 5.78. The smallest absolute Gasteiger partial charge is 0.0916 e. The second-order valence-electron chi connectivity index (χ2n) is 1.49. The average Bonchev–Trinajstić information content (AvgIpc) is 2.10. The third-order valence-corrected chi connectivity index (χ3v) is 2.61. The Labute approximate surface area is 71.7 Å². The third kappa shape index (κ3) is 24.6. The van der Waals surface area contributed by atoms with Gasteiger partial charge in [-0.15, -0.1) is 13.2 Å². The van der Waals surface area contributed by atoms with Crippen LogP contribution in [0.1, 0.15) is 8.35 Å². The van der Waals surface area contributed by atoms with Gasteiger partial charge in [-0.2, -0.15) is 0 Å². The van der Waals surface area contributed by atoms with Gasteiger partial charge in [0.15, 0.2) is 0 Å². The Kier molecular flexibility index (Phi) is 38.1. The molecule has 10 heavy (non-hydrogen) atoms. The van der Waals surface area contributed by atoms with Crippen LogP contribution in [-0.2, 0) is 0 Å². The summed E-state index contributed by atoms with van der Waals surface area (Å²) in [4.78, 5) is 0. The predicted molar refractivity (Wildman–Crippen MR) is 57.3 cm³/mol. The monoisotopic (exact) mass is 178 g/mol. The number of rotatable bonds is 2. The van der Waals surface area contributed by atoms with Crippen LogP contribution in [0.4, 0.5) is 0 Å². The van der Waals surface area contributed by atoms with Gasteiger partial charge < -0.3 is 9.62 Å². The van der Waals surface area contributed by atoms with Crippen molar-refractivity contribution >= 4 is 19.7 Å². The van der Waals surface area contributed by atoms with Gasteiger partial charge in [0.25, 0.3) is 0 Å². The molecule has 0 aromatic carbocycles. The van der Waals surface area contributed by atoms with Gasteiger partial charge >= 0.3 is 0 Å². The molecule has 0 aliphatic heterocycles. The molecule has 0 fully saturated rings. The molecule has 0 radical (unpaired) electrons. The van der Waals surface area contributed by atoms with Crippen molar-refractivity contribution < 1.29 is 1.43 Å². The first-order valence-corrected chi connectivity index (χ1v) is 6.10. The standard InChI is InChI=1S/C4H13NSi.C2H4.H3NSi.H2/c1-4-5(2)6-3;2*1-2;/h4,6H2,1-3H3;1-2H2;1H,2H2;1H. The van der Waals surface area contributed by atoms with Crippen LogP contribution in [0.2, 0.25) is 6.55 Å². The van der Waals surface area contributed by atoms with Crippen molar-refractivity contribution in [3.63, 3.8) is 0 Å². The summed E-state index contributed by atoms with van der Waals surface area (Å²) in [5.74, 6) is 0. The fourth-order valence-corrected chi connectivity index (χ4v) is 0.671. The Morgan fingerprint density at radius 2 is 1.90 bits per heavy atom. The molecule has 0 atom stereocenters. The van der Waals surface area contributed by atoms with Crippen molar-refractivity contribution in [3.8, 4) is 0 Å². The number of nitrogens with one attached hydrogen (secondary N) is 1. The topological polar surface area (TPSA) is 27.1 Å². The molecule has 0 saturated carbocycles. The minimum atomic E-state index is 0. The fourth-order valence-electron chi connectivity index (χ4n) is 0.224. The average molecular weight is 178 g/mol. The van der Waals surface area contributed by atoms with Gasteiger partial charge in [0.1, 0.15) is 0 Å². The molecular formula is C6H22N2Si2. The maximum absolute atomic E-state index is 5.78. The molecule has 0 aromatic rings. The van der Waals surface area contributed by atoms with Crippen molar-refractivity contribution in [1.29, 1.82) is 5.05 Å². The SMILES string of the molecule is C=C.CCN(C)[SiH2]C.N=[SiH2].[HH]. The van der Waals surface area contributed by atoms with E-state index in [9.17, 15) is 0 Å². The van der Waals surface area contributed by atoms with Gasteiger partial charge in [-0.05, 0) is 13.6 Å². The minimum absolute atomic E-state index is 0. The molecule has 0 unspecified atom stereocenters. The Morgan fingerprint density at radius 1 is 1.60 bits per heavy atom. The first-order valence-electron chi connectivity index (χ1n) is 3.35. The van der Waals surface area contributed by atoms with E-state index in [1.807, 2.05) is 0 Å². The highest BCUT2D eigenvalue weighted by molar-refractivity contribution is 6.29. The van der Waals surface area contributed by atoms with Crippen LogP contribution in [-0.4, -0.2) is 37.9 Å². The maximum atomic E-state index is 5.78. The van der Waals surface area contributed by atoms with Gasteiger partial charge in [-0.25, -0.2) is 0 Å². The van der Waals surface area contributed by atoms with Gasteiger partial charge in [-0.1, -0.05) is 13.5 Å². The highest BCUT2D eigenvalue weighted by Crippen LogP contribution is 1.71. The van der Waals surface area contributed by atoms with Gasteiger partial charge in [0.2, 0.25) is 0 Å². The summed E-state index contributed by atoms with van der Waals surface area (Å²) in [6.45, 7) is 11.7.